The third kappa shape index (κ3) is 3.30. The maximum Gasteiger partial charge on any atom is 0.134 e. The summed E-state index contributed by atoms with van der Waals surface area (Å²) in [6.07, 6.45) is 0. The number of anilines is 1. The molecule has 0 bridgehead atoms. The van der Waals surface area contributed by atoms with Crippen LogP contribution in [0.2, 0.25) is 5.15 Å². The predicted molar refractivity (Wildman–Crippen MR) is 58.0 cm³/mol. The molecule has 1 rings (SSSR count). The number of hydrogen-bond donors (Lipinski definition) is 3. The van der Waals surface area contributed by atoms with E-state index in [1.807, 2.05) is 0 Å². The fraction of sp³-hybridized carbons (Fsp3) is 0.556. The first kappa shape index (κ1) is 12.2. The molecular weight excluding hydrogens is 218 g/mol. The highest BCUT2D eigenvalue weighted by molar-refractivity contribution is 6.29. The van der Waals surface area contributed by atoms with Crippen LogP contribution in [-0.2, 0) is 0 Å². The molecule has 0 saturated carbocycles. The molecule has 5 nitrogen and oxygen atoms in total. The summed E-state index contributed by atoms with van der Waals surface area (Å²) < 4.78 is 0. The number of aliphatic hydroxyl groups excluding tert-OH is 2. The molecule has 1 aromatic heterocycles. The lowest BCUT2D eigenvalue weighted by atomic mass is 10.1. The highest BCUT2D eigenvalue weighted by Gasteiger charge is 2.22. The maximum atomic E-state index is 9.09. The molecule has 0 aliphatic rings. The van der Waals surface area contributed by atoms with E-state index in [1.165, 1.54) is 6.07 Å². The monoisotopic (exact) mass is 231 g/mol. The van der Waals surface area contributed by atoms with Gasteiger partial charge in [-0.2, -0.15) is 0 Å². The van der Waals surface area contributed by atoms with Gasteiger partial charge in [-0.25, -0.2) is 9.97 Å². The van der Waals surface area contributed by atoms with Crippen molar-refractivity contribution in [2.75, 3.05) is 18.5 Å². The number of aryl methyl sites for hydroxylation is 1. The molecule has 0 unspecified atom stereocenters. The van der Waals surface area contributed by atoms with Crippen molar-refractivity contribution in [3.05, 3.63) is 17.0 Å². The van der Waals surface area contributed by atoms with Crippen LogP contribution in [0, 0.1) is 6.92 Å². The van der Waals surface area contributed by atoms with Crippen LogP contribution in [0.25, 0.3) is 0 Å². The Balaban J connectivity index is 2.88. The van der Waals surface area contributed by atoms with Crippen molar-refractivity contribution in [2.45, 2.75) is 19.4 Å². The zero-order chi connectivity index (χ0) is 11.5. The minimum absolute atomic E-state index is 0.204. The van der Waals surface area contributed by atoms with E-state index in [2.05, 4.69) is 15.3 Å². The average molecular weight is 232 g/mol. The van der Waals surface area contributed by atoms with Crippen LogP contribution in [0.3, 0.4) is 0 Å². The lowest BCUT2D eigenvalue weighted by Gasteiger charge is -2.26. The number of nitrogens with zero attached hydrogens (tertiary/aromatic N) is 2. The van der Waals surface area contributed by atoms with Crippen LogP contribution >= 0.6 is 11.6 Å². The van der Waals surface area contributed by atoms with Crippen molar-refractivity contribution in [1.82, 2.24) is 9.97 Å². The smallest absolute Gasteiger partial charge is 0.134 e. The maximum absolute atomic E-state index is 9.09. The highest BCUT2D eigenvalue weighted by atomic mass is 35.5. The quantitative estimate of drug-likeness (QED) is 0.662. The number of aromatic nitrogens is 2. The van der Waals surface area contributed by atoms with Crippen molar-refractivity contribution in [3.63, 3.8) is 0 Å². The van der Waals surface area contributed by atoms with Gasteiger partial charge in [-0.1, -0.05) is 11.6 Å². The second-order valence-corrected chi connectivity index (χ2v) is 4.01. The van der Waals surface area contributed by atoms with E-state index in [9.17, 15) is 0 Å². The second-order valence-electron chi connectivity index (χ2n) is 3.63. The second kappa shape index (κ2) is 4.74. The molecule has 0 amide bonds. The molecule has 15 heavy (non-hydrogen) atoms. The van der Waals surface area contributed by atoms with Gasteiger partial charge < -0.3 is 15.5 Å². The summed E-state index contributed by atoms with van der Waals surface area (Å²) in [5.74, 6) is 1.02. The zero-order valence-corrected chi connectivity index (χ0v) is 9.41. The molecule has 0 atom stereocenters. The van der Waals surface area contributed by atoms with Gasteiger partial charge in [0.05, 0.1) is 18.8 Å². The number of rotatable bonds is 4. The van der Waals surface area contributed by atoms with Gasteiger partial charge in [-0.15, -0.1) is 0 Å². The van der Waals surface area contributed by atoms with Gasteiger partial charge in [-0.05, 0) is 13.8 Å². The Hall–Kier alpha value is -0.910. The van der Waals surface area contributed by atoms with Crippen molar-refractivity contribution in [2.24, 2.45) is 0 Å². The standard InChI is InChI=1S/C9H14ClN3O2/c1-6-11-7(10)3-8(12-6)13-9(2,4-14)5-15/h3,14-15H,4-5H2,1-2H3,(H,11,12,13). The first-order valence-corrected chi connectivity index (χ1v) is 4.88. The minimum Gasteiger partial charge on any atom is -0.394 e. The molecule has 0 aliphatic carbocycles. The fourth-order valence-electron chi connectivity index (χ4n) is 1.03. The van der Waals surface area contributed by atoms with Gasteiger partial charge in [-0.3, -0.25) is 0 Å². The first-order valence-electron chi connectivity index (χ1n) is 4.50. The molecule has 0 aromatic carbocycles. The summed E-state index contributed by atoms with van der Waals surface area (Å²) in [4.78, 5) is 7.99. The molecule has 0 aliphatic heterocycles. The Morgan fingerprint density at radius 2 is 2.00 bits per heavy atom. The predicted octanol–water partition coefficient (Wildman–Crippen LogP) is 0.594. The van der Waals surface area contributed by atoms with Crippen LogP contribution in [0.1, 0.15) is 12.7 Å². The molecule has 0 fully saturated rings. The van der Waals surface area contributed by atoms with E-state index in [4.69, 9.17) is 21.8 Å². The van der Waals surface area contributed by atoms with Crippen molar-refractivity contribution in [3.8, 4) is 0 Å². The normalized spacial score (nSPS) is 11.5. The van der Waals surface area contributed by atoms with Crippen LogP contribution in [-0.4, -0.2) is 38.9 Å². The van der Waals surface area contributed by atoms with Crippen LogP contribution < -0.4 is 5.32 Å². The van der Waals surface area contributed by atoms with Gasteiger partial charge in [0, 0.05) is 6.07 Å². The Bertz CT molecular complexity index is 322. The van der Waals surface area contributed by atoms with Gasteiger partial charge in [0.1, 0.15) is 16.8 Å². The molecule has 0 spiro atoms. The summed E-state index contributed by atoms with van der Waals surface area (Å²) in [6.45, 7) is 2.99. The Morgan fingerprint density at radius 3 is 2.47 bits per heavy atom. The molecule has 0 radical (unpaired) electrons. The van der Waals surface area contributed by atoms with Gasteiger partial charge >= 0.3 is 0 Å². The van der Waals surface area contributed by atoms with E-state index < -0.39 is 5.54 Å². The molecular formula is C9H14ClN3O2. The summed E-state index contributed by atoms with van der Waals surface area (Å²) in [7, 11) is 0. The van der Waals surface area contributed by atoms with E-state index in [0.29, 0.717) is 16.8 Å². The minimum atomic E-state index is -0.815. The third-order valence-corrected chi connectivity index (χ3v) is 2.13. The summed E-state index contributed by atoms with van der Waals surface area (Å²) in [6, 6.07) is 1.54. The van der Waals surface area contributed by atoms with Crippen molar-refractivity contribution < 1.29 is 10.2 Å². The average Bonchev–Trinajstić information content (AvgIpc) is 2.16. The van der Waals surface area contributed by atoms with Crippen LogP contribution in [0.15, 0.2) is 6.07 Å². The lowest BCUT2D eigenvalue weighted by Crippen LogP contribution is -2.42. The zero-order valence-electron chi connectivity index (χ0n) is 8.66. The summed E-state index contributed by atoms with van der Waals surface area (Å²) in [5.41, 5.74) is -0.815. The molecule has 1 heterocycles. The number of hydrogen-bond acceptors (Lipinski definition) is 5. The van der Waals surface area contributed by atoms with Crippen LogP contribution in [0.4, 0.5) is 5.82 Å². The van der Waals surface area contributed by atoms with Gasteiger partial charge in [0.15, 0.2) is 0 Å². The first-order chi connectivity index (χ1) is 6.99. The largest absolute Gasteiger partial charge is 0.394 e. The molecule has 0 saturated heterocycles. The van der Waals surface area contributed by atoms with Crippen molar-refractivity contribution >= 4 is 17.4 Å². The Kier molecular flexibility index (Phi) is 3.84. The van der Waals surface area contributed by atoms with Crippen LogP contribution in [0.5, 0.6) is 0 Å². The molecule has 84 valence electrons. The van der Waals surface area contributed by atoms with Gasteiger partial charge in [0.25, 0.3) is 0 Å². The van der Waals surface area contributed by atoms with E-state index in [1.54, 1.807) is 13.8 Å². The molecule has 6 heteroatoms. The number of halogens is 1. The topological polar surface area (TPSA) is 78.3 Å². The summed E-state index contributed by atoms with van der Waals surface area (Å²) >= 11 is 5.75. The third-order valence-electron chi connectivity index (χ3n) is 1.93. The SMILES string of the molecule is Cc1nc(Cl)cc(NC(C)(CO)CO)n1. The highest BCUT2D eigenvalue weighted by Crippen LogP contribution is 2.16. The Morgan fingerprint density at radius 1 is 1.40 bits per heavy atom. The number of aliphatic hydroxyl groups is 2. The van der Waals surface area contributed by atoms with Gasteiger partial charge in [0.2, 0.25) is 0 Å². The van der Waals surface area contributed by atoms with E-state index >= 15 is 0 Å². The lowest BCUT2D eigenvalue weighted by molar-refractivity contribution is 0.147. The van der Waals surface area contributed by atoms with Crippen molar-refractivity contribution in [1.29, 1.82) is 0 Å². The molecule has 1 aromatic rings. The van der Waals surface area contributed by atoms with E-state index in [-0.39, 0.29) is 13.2 Å². The fourth-order valence-corrected chi connectivity index (χ4v) is 1.26. The molecule has 3 N–H and O–H groups in total. The summed E-state index contributed by atoms with van der Waals surface area (Å²) in [5, 5.41) is 21.4. The number of nitrogens with one attached hydrogen (secondary N) is 1. The Labute approximate surface area is 93.1 Å². The van der Waals surface area contributed by atoms with E-state index in [0.717, 1.165) is 0 Å².